The summed E-state index contributed by atoms with van der Waals surface area (Å²) in [6.07, 6.45) is 2.03. The molecule has 0 saturated carbocycles. The zero-order chi connectivity index (χ0) is 20.8. The zero-order valence-corrected chi connectivity index (χ0v) is 16.9. The summed E-state index contributed by atoms with van der Waals surface area (Å²) in [6, 6.07) is 10.7. The monoisotopic (exact) mass is 395 g/mol. The summed E-state index contributed by atoms with van der Waals surface area (Å²) < 4.78 is 9.24. The van der Waals surface area contributed by atoms with E-state index in [1.165, 1.54) is 16.7 Å². The Hall–Kier alpha value is -3.22. The van der Waals surface area contributed by atoms with Gasteiger partial charge in [0.1, 0.15) is 11.4 Å². The van der Waals surface area contributed by atoms with Crippen LogP contribution < -0.4 is 5.56 Å². The SMILES string of the molecule is CC(C)(C)OC(=O)N1CCc2cc3cc(-n4ccc(O)cc4=O)ccc3n2CC1. The van der Waals surface area contributed by atoms with E-state index in [2.05, 4.69) is 10.6 Å². The molecule has 1 aromatic carbocycles. The van der Waals surface area contributed by atoms with Gasteiger partial charge in [0.25, 0.3) is 5.56 Å². The summed E-state index contributed by atoms with van der Waals surface area (Å²) in [6.45, 7) is 7.50. The number of nitrogens with zero attached hydrogens (tertiary/aromatic N) is 3. The third-order valence-corrected chi connectivity index (χ3v) is 5.04. The van der Waals surface area contributed by atoms with E-state index in [0.29, 0.717) is 19.6 Å². The van der Waals surface area contributed by atoms with Crippen molar-refractivity contribution in [3.63, 3.8) is 0 Å². The summed E-state index contributed by atoms with van der Waals surface area (Å²) in [5.41, 5.74) is 2.19. The van der Waals surface area contributed by atoms with Gasteiger partial charge in [-0.1, -0.05) is 0 Å². The molecular weight excluding hydrogens is 370 g/mol. The molecule has 7 nitrogen and oxygen atoms in total. The first kappa shape index (κ1) is 19.1. The van der Waals surface area contributed by atoms with E-state index in [1.807, 2.05) is 39.0 Å². The summed E-state index contributed by atoms with van der Waals surface area (Å²) in [5.74, 6) is -0.0440. The third-order valence-electron chi connectivity index (χ3n) is 5.04. The Morgan fingerprint density at radius 2 is 1.86 bits per heavy atom. The minimum atomic E-state index is -0.506. The van der Waals surface area contributed by atoms with Crippen LogP contribution in [0.3, 0.4) is 0 Å². The molecule has 0 unspecified atom stereocenters. The van der Waals surface area contributed by atoms with Crippen LogP contribution in [0.5, 0.6) is 5.75 Å². The number of amides is 1. The molecule has 29 heavy (non-hydrogen) atoms. The Balaban J connectivity index is 1.61. The largest absolute Gasteiger partial charge is 0.508 e. The molecule has 1 amide bonds. The smallest absolute Gasteiger partial charge is 0.410 e. The highest BCUT2D eigenvalue weighted by atomic mass is 16.6. The highest BCUT2D eigenvalue weighted by molar-refractivity contribution is 5.83. The quantitative estimate of drug-likeness (QED) is 0.686. The van der Waals surface area contributed by atoms with E-state index in [-0.39, 0.29) is 17.4 Å². The fourth-order valence-electron chi connectivity index (χ4n) is 3.71. The standard InChI is InChI=1S/C22H25N3O4/c1-22(2,3)29-21(28)23-8-6-17-13-15-12-16(4-5-19(15)24(17)11-10-23)25-9-7-18(26)14-20(25)27/h4-5,7,9,12-14,26H,6,8,10-11H2,1-3H3. The van der Waals surface area contributed by atoms with Crippen LogP contribution in [0.4, 0.5) is 4.79 Å². The van der Waals surface area contributed by atoms with Crippen molar-refractivity contribution in [1.82, 2.24) is 14.0 Å². The maximum Gasteiger partial charge on any atom is 0.410 e. The molecule has 0 aliphatic carbocycles. The molecule has 0 bridgehead atoms. The molecule has 0 fully saturated rings. The molecule has 0 spiro atoms. The van der Waals surface area contributed by atoms with Crippen LogP contribution in [0, 0.1) is 0 Å². The predicted octanol–water partition coefficient (Wildman–Crippen LogP) is 3.29. The summed E-state index contributed by atoms with van der Waals surface area (Å²) in [4.78, 5) is 26.3. The van der Waals surface area contributed by atoms with Gasteiger partial charge in [0.15, 0.2) is 0 Å². The highest BCUT2D eigenvalue weighted by Gasteiger charge is 2.24. The lowest BCUT2D eigenvalue weighted by Crippen LogP contribution is -2.38. The van der Waals surface area contributed by atoms with Gasteiger partial charge in [-0.3, -0.25) is 9.36 Å². The molecule has 152 valence electrons. The van der Waals surface area contributed by atoms with E-state index in [1.54, 1.807) is 11.1 Å². The first-order chi connectivity index (χ1) is 13.7. The molecule has 3 heterocycles. The number of hydrogen-bond donors (Lipinski definition) is 1. The van der Waals surface area contributed by atoms with E-state index in [4.69, 9.17) is 4.74 Å². The molecule has 0 saturated heterocycles. The lowest BCUT2D eigenvalue weighted by atomic mass is 10.2. The zero-order valence-electron chi connectivity index (χ0n) is 16.9. The van der Waals surface area contributed by atoms with Gasteiger partial charge in [-0.2, -0.15) is 0 Å². The van der Waals surface area contributed by atoms with E-state index in [0.717, 1.165) is 28.7 Å². The highest BCUT2D eigenvalue weighted by Crippen LogP contribution is 2.25. The first-order valence-electron chi connectivity index (χ1n) is 9.73. The van der Waals surface area contributed by atoms with Gasteiger partial charge in [0.05, 0.1) is 0 Å². The van der Waals surface area contributed by atoms with Crippen molar-refractivity contribution >= 4 is 17.0 Å². The van der Waals surface area contributed by atoms with Gasteiger partial charge in [-0.05, 0) is 51.1 Å². The van der Waals surface area contributed by atoms with Crippen molar-refractivity contribution < 1.29 is 14.6 Å². The summed E-state index contributed by atoms with van der Waals surface area (Å²) in [5, 5.41) is 10.5. The third kappa shape index (κ3) is 3.85. The molecule has 4 rings (SSSR count). The van der Waals surface area contributed by atoms with Crippen molar-refractivity contribution in [2.45, 2.75) is 39.3 Å². The van der Waals surface area contributed by atoms with Gasteiger partial charge in [0.2, 0.25) is 0 Å². The number of aromatic nitrogens is 2. The average molecular weight is 395 g/mol. The molecule has 0 atom stereocenters. The maximum atomic E-state index is 12.4. The number of hydrogen-bond acceptors (Lipinski definition) is 4. The molecule has 1 aliphatic heterocycles. The number of benzene rings is 1. The second-order valence-electron chi connectivity index (χ2n) is 8.34. The number of pyridine rings is 1. The van der Waals surface area contributed by atoms with Gasteiger partial charge in [-0.25, -0.2) is 4.79 Å². The van der Waals surface area contributed by atoms with Crippen molar-refractivity contribution in [3.05, 3.63) is 58.6 Å². The molecule has 2 aromatic heterocycles. The predicted molar refractivity (Wildman–Crippen MR) is 111 cm³/mol. The van der Waals surface area contributed by atoms with Crippen LogP contribution in [0.25, 0.3) is 16.6 Å². The lowest BCUT2D eigenvalue weighted by Gasteiger charge is -2.26. The van der Waals surface area contributed by atoms with E-state index in [9.17, 15) is 14.7 Å². The van der Waals surface area contributed by atoms with Crippen molar-refractivity contribution in [1.29, 1.82) is 0 Å². The van der Waals surface area contributed by atoms with Crippen molar-refractivity contribution in [2.24, 2.45) is 0 Å². The minimum absolute atomic E-state index is 0.0440. The molecule has 7 heteroatoms. The number of carbonyl (C=O) groups is 1. The number of rotatable bonds is 1. The van der Waals surface area contributed by atoms with E-state index < -0.39 is 5.60 Å². The fraction of sp³-hybridized carbons (Fsp3) is 0.364. The van der Waals surface area contributed by atoms with Crippen LogP contribution in [-0.4, -0.2) is 43.9 Å². The first-order valence-corrected chi connectivity index (χ1v) is 9.73. The van der Waals surface area contributed by atoms with Crippen LogP contribution in [0.15, 0.2) is 47.4 Å². The topological polar surface area (TPSA) is 76.7 Å². The Morgan fingerprint density at radius 3 is 2.59 bits per heavy atom. The number of carbonyl (C=O) groups excluding carboxylic acids is 1. The maximum absolute atomic E-state index is 12.4. The lowest BCUT2D eigenvalue weighted by molar-refractivity contribution is 0.0254. The van der Waals surface area contributed by atoms with Gasteiger partial charge < -0.3 is 19.3 Å². The summed E-state index contributed by atoms with van der Waals surface area (Å²) in [7, 11) is 0. The molecule has 3 aromatic rings. The van der Waals surface area contributed by atoms with Crippen LogP contribution in [0.1, 0.15) is 26.5 Å². The normalized spacial score (nSPS) is 14.5. The van der Waals surface area contributed by atoms with Crippen LogP contribution in [0.2, 0.25) is 0 Å². The Bertz CT molecular complexity index is 1140. The van der Waals surface area contributed by atoms with Gasteiger partial charge in [-0.15, -0.1) is 0 Å². The van der Waals surface area contributed by atoms with Gasteiger partial charge in [0, 0.05) is 60.6 Å². The fourth-order valence-corrected chi connectivity index (χ4v) is 3.71. The van der Waals surface area contributed by atoms with Crippen molar-refractivity contribution in [2.75, 3.05) is 13.1 Å². The number of fused-ring (bicyclic) bond motifs is 3. The average Bonchev–Trinajstić information content (AvgIpc) is 2.83. The second kappa shape index (κ2) is 6.99. The minimum Gasteiger partial charge on any atom is -0.508 e. The van der Waals surface area contributed by atoms with Crippen molar-refractivity contribution in [3.8, 4) is 11.4 Å². The second-order valence-corrected chi connectivity index (χ2v) is 8.34. The van der Waals surface area contributed by atoms with Crippen LogP contribution >= 0.6 is 0 Å². The van der Waals surface area contributed by atoms with E-state index >= 15 is 0 Å². The molecule has 0 radical (unpaired) electrons. The number of aromatic hydroxyl groups is 1. The molecular formula is C22H25N3O4. The Kier molecular flexibility index (Phi) is 4.61. The van der Waals surface area contributed by atoms with Gasteiger partial charge >= 0.3 is 6.09 Å². The Labute approximate surface area is 168 Å². The number of ether oxygens (including phenoxy) is 1. The van der Waals surface area contributed by atoms with Crippen LogP contribution in [-0.2, 0) is 17.7 Å². The Morgan fingerprint density at radius 1 is 1.07 bits per heavy atom. The summed E-state index contributed by atoms with van der Waals surface area (Å²) >= 11 is 0. The molecule has 1 aliphatic rings. The molecule has 1 N–H and O–H groups in total.